The van der Waals surface area contributed by atoms with E-state index in [-0.39, 0.29) is 62.5 Å². The Hall–Kier alpha value is -6.08. The number of alkyl halides is 6. The molecule has 6 rings (SSSR count). The summed E-state index contributed by atoms with van der Waals surface area (Å²) < 4.78 is 90.1. The quantitative estimate of drug-likeness (QED) is 0.0922. The number of rotatable bonds is 16. The molecule has 2 heterocycles. The van der Waals surface area contributed by atoms with Gasteiger partial charge in [0.2, 0.25) is 0 Å². The minimum Gasteiger partial charge on any atom is -0.491 e. The predicted octanol–water partition coefficient (Wildman–Crippen LogP) is 8.66. The number of imidazole rings is 2. The van der Waals surface area contributed by atoms with Gasteiger partial charge in [-0.15, -0.1) is 0 Å². The number of benzene rings is 4. The minimum atomic E-state index is -4.45. The lowest BCUT2D eigenvalue weighted by molar-refractivity contribution is -0.138. The molecule has 0 saturated heterocycles. The molecule has 2 aromatic heterocycles. The molecule has 0 radical (unpaired) electrons. The van der Waals surface area contributed by atoms with Crippen molar-refractivity contribution in [3.8, 4) is 11.5 Å². The van der Waals surface area contributed by atoms with Gasteiger partial charge in [0.25, 0.3) is 11.8 Å². The normalized spacial score (nSPS) is 12.4. The third-order valence-corrected chi connectivity index (χ3v) is 10.5. The zero-order chi connectivity index (χ0) is 47.5. The van der Waals surface area contributed by atoms with Gasteiger partial charge in [-0.25, -0.2) is 9.97 Å². The monoisotopic (exact) mass is 948 g/mol. The van der Waals surface area contributed by atoms with Gasteiger partial charge in [-0.3, -0.25) is 9.59 Å². The van der Waals surface area contributed by atoms with Gasteiger partial charge in [0.05, 0.1) is 49.3 Å². The Bertz CT molecular complexity index is 2480. The summed E-state index contributed by atoms with van der Waals surface area (Å²) in [6, 6.07) is 20.9. The molecule has 4 aromatic carbocycles. The van der Waals surface area contributed by atoms with Crippen LogP contribution in [0.3, 0.4) is 0 Å². The molecule has 20 heteroatoms. The van der Waals surface area contributed by atoms with Crippen molar-refractivity contribution in [1.82, 2.24) is 28.9 Å². The summed E-state index contributed by atoms with van der Waals surface area (Å²) >= 11 is 12.5. The molecule has 0 saturated carbocycles. The Morgan fingerprint density at radius 3 is 1.45 bits per heavy atom. The highest BCUT2D eigenvalue weighted by atomic mass is 35.5. The number of nitrogens with zero attached hydrogens (tertiary/aromatic N) is 6. The molecular formula is C45H44Cl2F6N6O6. The highest BCUT2D eigenvalue weighted by Crippen LogP contribution is 2.32. The van der Waals surface area contributed by atoms with E-state index in [9.17, 15) is 46.1 Å². The maximum atomic E-state index is 13.1. The first-order valence-electron chi connectivity index (χ1n) is 19.7. The van der Waals surface area contributed by atoms with Crippen LogP contribution in [0.15, 0.2) is 116 Å². The van der Waals surface area contributed by atoms with E-state index < -0.39 is 41.6 Å². The van der Waals surface area contributed by atoms with Crippen molar-refractivity contribution in [3.05, 3.63) is 165 Å². The lowest BCUT2D eigenvalue weighted by Gasteiger charge is -2.26. The average molecular weight is 950 g/mol. The molecule has 0 spiro atoms. The second-order valence-corrected chi connectivity index (χ2v) is 15.6. The number of hydrogen-bond acceptors (Lipinski definition) is 8. The molecule has 0 aliphatic carbocycles. The Morgan fingerprint density at radius 2 is 1.06 bits per heavy atom. The number of halogens is 8. The van der Waals surface area contributed by atoms with E-state index >= 15 is 0 Å². The van der Waals surface area contributed by atoms with E-state index in [1.54, 1.807) is 36.9 Å². The smallest absolute Gasteiger partial charge is 0.416 e. The molecule has 65 heavy (non-hydrogen) atoms. The maximum absolute atomic E-state index is 13.1. The van der Waals surface area contributed by atoms with Crippen LogP contribution in [-0.4, -0.2) is 89.4 Å². The zero-order valence-corrected chi connectivity index (χ0v) is 36.6. The summed E-state index contributed by atoms with van der Waals surface area (Å²) in [6.45, 7) is 1.61. The molecule has 0 aliphatic rings. The number of ether oxygens (including phenoxy) is 2. The number of aryl methyl sites for hydroxylation is 3. The van der Waals surface area contributed by atoms with Crippen LogP contribution in [0.5, 0.6) is 11.5 Å². The number of carbonyl (C=O) groups excluding carboxylic acids is 2. The molecule has 2 N–H and O–H groups in total. The highest BCUT2D eigenvalue weighted by Gasteiger charge is 2.31. The summed E-state index contributed by atoms with van der Waals surface area (Å²) in [7, 11) is 3.36. The summed E-state index contributed by atoms with van der Waals surface area (Å²) in [4.78, 5) is 37.0. The van der Waals surface area contributed by atoms with E-state index in [1.165, 1.54) is 51.5 Å². The first-order chi connectivity index (χ1) is 30.7. The van der Waals surface area contributed by atoms with E-state index in [2.05, 4.69) is 9.97 Å². The molecule has 6 aromatic rings. The predicted molar refractivity (Wildman–Crippen MR) is 229 cm³/mol. The number of aromatic nitrogens is 4. The third kappa shape index (κ3) is 14.2. The van der Waals surface area contributed by atoms with Gasteiger partial charge in [-0.05, 0) is 78.7 Å². The molecule has 2 unspecified atom stereocenters. The summed E-state index contributed by atoms with van der Waals surface area (Å²) in [5.74, 6) is -0.373. The number of aliphatic hydroxyl groups excluding tert-OH is 2. The molecule has 2 amide bonds. The topological polar surface area (TPSA) is 135 Å². The van der Waals surface area contributed by atoms with Gasteiger partial charge in [-0.1, -0.05) is 53.5 Å². The number of hydrogen-bond donors (Lipinski definition) is 2. The summed E-state index contributed by atoms with van der Waals surface area (Å²) in [5, 5.41) is 21.7. The standard InChI is InChI=1S/C23H24F3N3O3.C22H20Cl2F3N3O3/c1-16-5-3-4-6-17(16)12-29(22(31)21-11-27-15-28(21)2)13-19(30)14-32-20-9-7-18(8-10-20)23(24,25)26;1-29-13-28-9-20(29)21(32)30(11-17-18(23)3-2-4-19(17)24)10-15(31)12-33-16-7-5-14(6-8-16)22(25,26)27/h3-11,15,19,30H,12-14H2,1-2H3;2-9,13,15,31H,10-12H2,1H3. The van der Waals surface area contributed by atoms with Crippen molar-refractivity contribution >= 4 is 35.0 Å². The van der Waals surface area contributed by atoms with Crippen molar-refractivity contribution in [2.45, 2.75) is 44.6 Å². The van der Waals surface area contributed by atoms with Crippen LogP contribution in [0.1, 0.15) is 48.8 Å². The van der Waals surface area contributed by atoms with Crippen LogP contribution >= 0.6 is 23.2 Å². The SMILES string of the molecule is Cc1ccccc1CN(CC(O)COc1ccc(C(F)(F)F)cc1)C(=O)c1cncn1C.Cn1cncc1C(=O)N(Cc1c(Cl)cccc1Cl)CC(O)COc1ccc(C(F)(F)F)cc1. The van der Waals surface area contributed by atoms with Gasteiger partial charge >= 0.3 is 12.4 Å². The van der Waals surface area contributed by atoms with Crippen molar-refractivity contribution in [2.24, 2.45) is 14.1 Å². The average Bonchev–Trinajstić information content (AvgIpc) is 3.90. The van der Waals surface area contributed by atoms with Gasteiger partial charge in [0.1, 0.15) is 48.3 Å². The molecule has 0 bridgehead atoms. The molecular weight excluding hydrogens is 905 g/mol. The second kappa shape index (κ2) is 22.2. The third-order valence-electron chi connectivity index (χ3n) is 9.79. The van der Waals surface area contributed by atoms with E-state index in [0.29, 0.717) is 21.3 Å². The second-order valence-electron chi connectivity index (χ2n) is 14.8. The Morgan fingerprint density at radius 1 is 0.646 bits per heavy atom. The Labute approximate surface area is 380 Å². The van der Waals surface area contributed by atoms with Crippen molar-refractivity contribution < 1.29 is 55.6 Å². The fourth-order valence-corrected chi connectivity index (χ4v) is 6.75. The number of carbonyl (C=O) groups is 2. The fraction of sp³-hybridized carbons (Fsp3) is 0.289. The van der Waals surface area contributed by atoms with Crippen LogP contribution in [-0.2, 0) is 39.5 Å². The largest absolute Gasteiger partial charge is 0.491 e. The Balaban J connectivity index is 0.000000244. The van der Waals surface area contributed by atoms with Gasteiger partial charge in [0.15, 0.2) is 0 Å². The number of amides is 2. The van der Waals surface area contributed by atoms with Crippen LogP contribution < -0.4 is 9.47 Å². The van der Waals surface area contributed by atoms with E-state index in [0.717, 1.165) is 47.5 Å². The molecule has 0 aliphatic heterocycles. The van der Waals surface area contributed by atoms with E-state index in [1.807, 2.05) is 31.2 Å². The van der Waals surface area contributed by atoms with Crippen molar-refractivity contribution in [1.29, 1.82) is 0 Å². The lowest BCUT2D eigenvalue weighted by atomic mass is 10.1. The van der Waals surface area contributed by atoms with Gasteiger partial charge < -0.3 is 38.6 Å². The van der Waals surface area contributed by atoms with Crippen LogP contribution in [0, 0.1) is 6.92 Å². The molecule has 0 fully saturated rings. The minimum absolute atomic E-state index is 0.0137. The van der Waals surface area contributed by atoms with Crippen molar-refractivity contribution in [2.75, 3.05) is 26.3 Å². The van der Waals surface area contributed by atoms with E-state index in [4.69, 9.17) is 32.7 Å². The molecule has 346 valence electrons. The summed E-state index contributed by atoms with van der Waals surface area (Å²) in [5.41, 5.74) is 1.51. The summed E-state index contributed by atoms with van der Waals surface area (Å²) in [6.07, 6.45) is -5.25. The fourth-order valence-electron chi connectivity index (χ4n) is 6.24. The van der Waals surface area contributed by atoms with Crippen LogP contribution in [0.4, 0.5) is 26.3 Å². The zero-order valence-electron chi connectivity index (χ0n) is 35.1. The van der Waals surface area contributed by atoms with Crippen molar-refractivity contribution in [3.63, 3.8) is 0 Å². The maximum Gasteiger partial charge on any atom is 0.416 e. The van der Waals surface area contributed by atoms with Gasteiger partial charge in [-0.2, -0.15) is 26.3 Å². The van der Waals surface area contributed by atoms with Crippen LogP contribution in [0.2, 0.25) is 10.0 Å². The van der Waals surface area contributed by atoms with Gasteiger partial charge in [0, 0.05) is 42.8 Å². The first-order valence-corrected chi connectivity index (χ1v) is 20.4. The van der Waals surface area contributed by atoms with Crippen LogP contribution in [0.25, 0.3) is 0 Å². The Kier molecular flexibility index (Phi) is 17.1. The highest BCUT2D eigenvalue weighted by molar-refractivity contribution is 6.36. The number of aliphatic hydroxyl groups is 2. The lowest BCUT2D eigenvalue weighted by Crippen LogP contribution is -2.40. The molecule has 12 nitrogen and oxygen atoms in total. The first kappa shape index (κ1) is 49.9. The molecule has 2 atom stereocenters.